The Balaban J connectivity index is 2.77. The van der Waals surface area contributed by atoms with Crippen molar-refractivity contribution < 1.29 is 19.1 Å². The van der Waals surface area contributed by atoms with Crippen LogP contribution < -0.4 is 20.5 Å². The first kappa shape index (κ1) is 15.6. The number of nitrogens with one attached hydrogen (secondary N) is 1. The third-order valence-electron chi connectivity index (χ3n) is 2.73. The van der Waals surface area contributed by atoms with E-state index in [0.717, 1.165) is 5.56 Å². The van der Waals surface area contributed by atoms with Crippen molar-refractivity contribution in [2.75, 3.05) is 27.8 Å². The lowest BCUT2D eigenvalue weighted by Crippen LogP contribution is -2.40. The average Bonchev–Trinajstić information content (AvgIpc) is 2.44. The van der Waals surface area contributed by atoms with Crippen LogP contribution >= 0.6 is 0 Å². The van der Waals surface area contributed by atoms with Crippen LogP contribution in [0.2, 0.25) is 0 Å². The molecule has 0 saturated carbocycles. The zero-order chi connectivity index (χ0) is 15.1. The number of hydrogen-bond donors (Lipinski definition) is 2. The molecule has 7 heteroatoms. The summed E-state index contributed by atoms with van der Waals surface area (Å²) in [6.45, 7) is 0.192. The van der Waals surface area contributed by atoms with Crippen molar-refractivity contribution in [3.05, 3.63) is 23.8 Å². The number of amides is 3. The van der Waals surface area contributed by atoms with Gasteiger partial charge in [0, 0.05) is 19.2 Å². The molecule has 0 aliphatic carbocycles. The predicted molar refractivity (Wildman–Crippen MR) is 73.6 cm³/mol. The van der Waals surface area contributed by atoms with E-state index in [1.165, 1.54) is 12.0 Å². The van der Waals surface area contributed by atoms with E-state index in [1.807, 2.05) is 12.1 Å². The quantitative estimate of drug-likeness (QED) is 0.785. The third-order valence-corrected chi connectivity index (χ3v) is 2.73. The summed E-state index contributed by atoms with van der Waals surface area (Å²) in [6.07, 6.45) is 0. The summed E-state index contributed by atoms with van der Waals surface area (Å²) in [5.74, 6) is 0.923. The summed E-state index contributed by atoms with van der Waals surface area (Å²) in [7, 11) is 4.72. The Morgan fingerprint density at radius 2 is 2.00 bits per heavy atom. The van der Waals surface area contributed by atoms with Crippen molar-refractivity contribution in [3.63, 3.8) is 0 Å². The second-order valence-corrected chi connectivity index (χ2v) is 4.12. The second kappa shape index (κ2) is 7.22. The number of likely N-dealkylation sites (N-methyl/N-ethyl adjacent to an activating group) is 1. The first-order chi connectivity index (χ1) is 9.49. The zero-order valence-corrected chi connectivity index (χ0v) is 11.8. The largest absolute Gasteiger partial charge is 0.493 e. The summed E-state index contributed by atoms with van der Waals surface area (Å²) >= 11 is 0. The molecule has 110 valence electrons. The van der Waals surface area contributed by atoms with Gasteiger partial charge in [0.2, 0.25) is 5.91 Å². The van der Waals surface area contributed by atoms with Gasteiger partial charge in [0.25, 0.3) is 0 Å². The van der Waals surface area contributed by atoms with Gasteiger partial charge in [0.15, 0.2) is 11.5 Å². The maximum atomic E-state index is 11.8. The topological polar surface area (TPSA) is 93.9 Å². The van der Waals surface area contributed by atoms with Gasteiger partial charge in [-0.25, -0.2) is 4.79 Å². The molecule has 7 nitrogen and oxygen atoms in total. The van der Waals surface area contributed by atoms with Crippen molar-refractivity contribution in [2.45, 2.75) is 6.54 Å². The number of urea groups is 1. The molecule has 1 rings (SSSR count). The highest BCUT2D eigenvalue weighted by Gasteiger charge is 2.14. The molecule has 3 N–H and O–H groups in total. The zero-order valence-electron chi connectivity index (χ0n) is 11.8. The number of rotatable bonds is 6. The normalized spacial score (nSPS) is 9.75. The molecule has 0 aliphatic heterocycles. The molecule has 1 aromatic rings. The monoisotopic (exact) mass is 281 g/mol. The number of para-hydroxylation sites is 1. The minimum absolute atomic E-state index is 0.141. The van der Waals surface area contributed by atoms with Crippen molar-refractivity contribution in [3.8, 4) is 11.5 Å². The Kier molecular flexibility index (Phi) is 5.64. The molecule has 0 fully saturated rings. The summed E-state index contributed by atoms with van der Waals surface area (Å²) in [5.41, 5.74) is 5.73. The molecule has 20 heavy (non-hydrogen) atoms. The number of hydrogen-bond acceptors (Lipinski definition) is 4. The minimum Gasteiger partial charge on any atom is -0.493 e. The van der Waals surface area contributed by atoms with Crippen LogP contribution in [0, 0.1) is 0 Å². The van der Waals surface area contributed by atoms with E-state index in [4.69, 9.17) is 15.2 Å². The van der Waals surface area contributed by atoms with Gasteiger partial charge in [-0.3, -0.25) is 4.79 Å². The fraction of sp³-hybridized carbons (Fsp3) is 0.385. The van der Waals surface area contributed by atoms with Crippen LogP contribution in [0.4, 0.5) is 4.79 Å². The molecule has 0 aliphatic rings. The van der Waals surface area contributed by atoms with Crippen LogP contribution in [0.5, 0.6) is 11.5 Å². The highest BCUT2D eigenvalue weighted by atomic mass is 16.5. The van der Waals surface area contributed by atoms with Gasteiger partial charge in [0.1, 0.15) is 0 Å². The molecule has 0 aromatic heterocycles. The van der Waals surface area contributed by atoms with Crippen LogP contribution in [-0.4, -0.2) is 44.7 Å². The number of nitrogens with zero attached hydrogens (tertiary/aromatic N) is 1. The van der Waals surface area contributed by atoms with E-state index in [9.17, 15) is 9.59 Å². The van der Waals surface area contributed by atoms with Gasteiger partial charge in [0.05, 0.1) is 20.8 Å². The number of carbonyl (C=O) groups excluding carboxylic acids is 2. The van der Waals surface area contributed by atoms with Crippen molar-refractivity contribution in [1.82, 2.24) is 10.2 Å². The van der Waals surface area contributed by atoms with Gasteiger partial charge in [-0.05, 0) is 6.07 Å². The van der Waals surface area contributed by atoms with E-state index >= 15 is 0 Å². The van der Waals surface area contributed by atoms with E-state index in [2.05, 4.69) is 5.32 Å². The standard InChI is InChI=1S/C13H19N3O4/c1-16(11(17)7-15-13(14)18)8-9-5-4-6-10(19-2)12(9)20-3/h4-6H,7-8H2,1-3H3,(H3,14,15,18). The van der Waals surface area contributed by atoms with E-state index in [0.29, 0.717) is 18.0 Å². The summed E-state index contributed by atoms with van der Waals surface area (Å²) in [5, 5.41) is 2.25. The summed E-state index contributed by atoms with van der Waals surface area (Å²) in [6, 6.07) is 4.70. The Hall–Kier alpha value is -2.44. The van der Waals surface area contributed by atoms with Gasteiger partial charge in [-0.1, -0.05) is 12.1 Å². The number of carbonyl (C=O) groups is 2. The molecule has 0 spiro atoms. The van der Waals surface area contributed by atoms with Crippen LogP contribution in [-0.2, 0) is 11.3 Å². The third kappa shape index (κ3) is 4.04. The molecular formula is C13H19N3O4. The number of methoxy groups -OCH3 is 2. The number of nitrogens with two attached hydrogens (primary N) is 1. The SMILES string of the molecule is COc1cccc(CN(C)C(=O)CNC(N)=O)c1OC. The molecule has 0 radical (unpaired) electrons. The summed E-state index contributed by atoms with van der Waals surface area (Å²) < 4.78 is 10.5. The molecule has 1 aromatic carbocycles. The maximum absolute atomic E-state index is 11.8. The lowest BCUT2D eigenvalue weighted by atomic mass is 10.1. The minimum atomic E-state index is -0.731. The first-order valence-electron chi connectivity index (χ1n) is 5.96. The van der Waals surface area contributed by atoms with Crippen molar-refractivity contribution in [1.29, 1.82) is 0 Å². The Labute approximate surface area is 117 Å². The lowest BCUT2D eigenvalue weighted by molar-refractivity contribution is -0.129. The molecule has 0 saturated heterocycles. The van der Waals surface area contributed by atoms with Gasteiger partial charge >= 0.3 is 6.03 Å². The smallest absolute Gasteiger partial charge is 0.312 e. The number of primary amides is 1. The van der Waals surface area contributed by atoms with E-state index < -0.39 is 6.03 Å². The molecule has 0 atom stereocenters. The second-order valence-electron chi connectivity index (χ2n) is 4.12. The molecular weight excluding hydrogens is 262 g/mol. The molecule has 0 unspecified atom stereocenters. The summed E-state index contributed by atoms with van der Waals surface area (Å²) in [4.78, 5) is 23.8. The van der Waals surface area contributed by atoms with Crippen molar-refractivity contribution in [2.24, 2.45) is 5.73 Å². The van der Waals surface area contributed by atoms with E-state index in [-0.39, 0.29) is 12.5 Å². The van der Waals surface area contributed by atoms with Crippen LogP contribution in [0.15, 0.2) is 18.2 Å². The van der Waals surface area contributed by atoms with E-state index in [1.54, 1.807) is 20.2 Å². The van der Waals surface area contributed by atoms with Gasteiger partial charge in [-0.15, -0.1) is 0 Å². The molecule has 0 bridgehead atoms. The van der Waals surface area contributed by atoms with Gasteiger partial charge < -0.3 is 25.4 Å². The van der Waals surface area contributed by atoms with Crippen molar-refractivity contribution >= 4 is 11.9 Å². The van der Waals surface area contributed by atoms with Crippen LogP contribution in [0.1, 0.15) is 5.56 Å². The fourth-order valence-electron chi connectivity index (χ4n) is 1.72. The predicted octanol–water partition coefficient (Wildman–Crippen LogP) is 0.331. The van der Waals surface area contributed by atoms with Crippen LogP contribution in [0.3, 0.4) is 0 Å². The van der Waals surface area contributed by atoms with Gasteiger partial charge in [-0.2, -0.15) is 0 Å². The number of benzene rings is 1. The highest BCUT2D eigenvalue weighted by molar-refractivity contribution is 5.83. The average molecular weight is 281 g/mol. The maximum Gasteiger partial charge on any atom is 0.312 e. The molecule has 3 amide bonds. The molecule has 0 heterocycles. The fourth-order valence-corrected chi connectivity index (χ4v) is 1.72. The van der Waals surface area contributed by atoms with Crippen LogP contribution in [0.25, 0.3) is 0 Å². The Morgan fingerprint density at radius 1 is 1.30 bits per heavy atom. The first-order valence-corrected chi connectivity index (χ1v) is 5.96. The Morgan fingerprint density at radius 3 is 2.55 bits per heavy atom. The Bertz CT molecular complexity index is 491. The number of ether oxygens (including phenoxy) is 2. The highest BCUT2D eigenvalue weighted by Crippen LogP contribution is 2.31. The lowest BCUT2D eigenvalue weighted by Gasteiger charge is -2.20.